The minimum absolute atomic E-state index is 0.345. The Bertz CT molecular complexity index is 95.3. The molecule has 72 valence electrons. The molecule has 0 radical (unpaired) electrons. The van der Waals surface area contributed by atoms with Gasteiger partial charge in [-0.05, 0) is 32.2 Å². The fourth-order valence-electron chi connectivity index (χ4n) is 1.86. The van der Waals surface area contributed by atoms with Crippen molar-refractivity contribution < 1.29 is 5.11 Å². The summed E-state index contributed by atoms with van der Waals surface area (Å²) in [5.41, 5.74) is 0. The van der Waals surface area contributed by atoms with Crippen LogP contribution in [0.1, 0.15) is 44.9 Å². The molecule has 1 unspecified atom stereocenters. The summed E-state index contributed by atoms with van der Waals surface area (Å²) in [6.07, 6.45) is 8.89. The van der Waals surface area contributed by atoms with E-state index >= 15 is 0 Å². The number of hydrogen-bond donors (Lipinski definition) is 2. The molecular weight excluding hydrogens is 150 g/mol. The first kappa shape index (κ1) is 10.0. The van der Waals surface area contributed by atoms with Crippen LogP contribution in [0.2, 0.25) is 0 Å². The average molecular weight is 171 g/mol. The van der Waals surface area contributed by atoms with Crippen LogP contribution in [0, 0.1) is 0 Å². The highest BCUT2D eigenvalue weighted by Crippen LogP contribution is 2.12. The van der Waals surface area contributed by atoms with Gasteiger partial charge in [-0.3, -0.25) is 0 Å². The molecule has 0 bridgehead atoms. The Morgan fingerprint density at radius 2 is 2.00 bits per heavy atom. The maximum Gasteiger partial charge on any atom is 0.0431 e. The van der Waals surface area contributed by atoms with Gasteiger partial charge in [0, 0.05) is 12.6 Å². The van der Waals surface area contributed by atoms with E-state index < -0.39 is 0 Å². The molecule has 0 spiro atoms. The fraction of sp³-hybridized carbons (Fsp3) is 1.00. The third-order valence-electron chi connectivity index (χ3n) is 2.62. The maximum atomic E-state index is 8.69. The molecule has 1 atom stereocenters. The Labute approximate surface area is 75.4 Å². The first-order chi connectivity index (χ1) is 5.93. The van der Waals surface area contributed by atoms with Gasteiger partial charge in [0.25, 0.3) is 0 Å². The van der Waals surface area contributed by atoms with Crippen molar-refractivity contribution in [2.45, 2.75) is 51.0 Å². The third kappa shape index (κ3) is 4.07. The van der Waals surface area contributed by atoms with Gasteiger partial charge in [0.2, 0.25) is 0 Å². The summed E-state index contributed by atoms with van der Waals surface area (Å²) in [6.45, 7) is 1.52. The molecule has 12 heavy (non-hydrogen) atoms. The quantitative estimate of drug-likeness (QED) is 0.677. The Morgan fingerprint density at radius 3 is 2.83 bits per heavy atom. The van der Waals surface area contributed by atoms with Gasteiger partial charge in [-0.15, -0.1) is 0 Å². The van der Waals surface area contributed by atoms with E-state index in [4.69, 9.17) is 5.11 Å². The number of hydrogen-bond acceptors (Lipinski definition) is 2. The largest absolute Gasteiger partial charge is 0.396 e. The van der Waals surface area contributed by atoms with Gasteiger partial charge in [0.1, 0.15) is 0 Å². The van der Waals surface area contributed by atoms with Crippen molar-refractivity contribution in [3.05, 3.63) is 0 Å². The molecule has 0 amide bonds. The van der Waals surface area contributed by atoms with Crippen LogP contribution < -0.4 is 5.32 Å². The summed E-state index contributed by atoms with van der Waals surface area (Å²) in [5, 5.41) is 12.2. The Morgan fingerprint density at radius 1 is 1.17 bits per heavy atom. The summed E-state index contributed by atoms with van der Waals surface area (Å²) < 4.78 is 0. The van der Waals surface area contributed by atoms with E-state index in [1.54, 1.807) is 0 Å². The highest BCUT2D eigenvalue weighted by molar-refractivity contribution is 4.69. The molecule has 0 aromatic carbocycles. The van der Waals surface area contributed by atoms with Crippen molar-refractivity contribution in [1.29, 1.82) is 0 Å². The maximum absolute atomic E-state index is 8.69. The van der Waals surface area contributed by atoms with Crippen LogP contribution in [0.15, 0.2) is 0 Å². The van der Waals surface area contributed by atoms with E-state index in [1.807, 2.05) is 0 Å². The fourth-order valence-corrected chi connectivity index (χ4v) is 1.86. The molecule has 0 aliphatic carbocycles. The topological polar surface area (TPSA) is 32.3 Å². The summed E-state index contributed by atoms with van der Waals surface area (Å²) in [6, 6.07) is 0.678. The molecule has 2 heteroatoms. The average Bonchev–Trinajstić information content (AvgIpc) is 2.02. The van der Waals surface area contributed by atoms with E-state index in [-0.39, 0.29) is 0 Å². The highest BCUT2D eigenvalue weighted by atomic mass is 16.2. The van der Waals surface area contributed by atoms with Crippen molar-refractivity contribution in [3.8, 4) is 0 Å². The zero-order valence-corrected chi connectivity index (χ0v) is 7.89. The number of rotatable bonds is 3. The molecule has 1 aliphatic rings. The van der Waals surface area contributed by atoms with Crippen LogP contribution in [0.25, 0.3) is 0 Å². The van der Waals surface area contributed by atoms with Crippen molar-refractivity contribution in [2.24, 2.45) is 0 Å². The molecule has 0 saturated carbocycles. The van der Waals surface area contributed by atoms with Gasteiger partial charge in [0.15, 0.2) is 0 Å². The second-order valence-corrected chi connectivity index (χ2v) is 3.72. The zero-order valence-electron chi connectivity index (χ0n) is 7.89. The first-order valence-corrected chi connectivity index (χ1v) is 5.27. The standard InChI is InChI=1S/C10H21NO/c12-9-5-7-10-6-3-1-2-4-8-11-10/h10-12H,1-9H2. The Balaban J connectivity index is 2.11. The number of aliphatic hydroxyl groups excluding tert-OH is 1. The van der Waals surface area contributed by atoms with Crippen LogP contribution in [0.5, 0.6) is 0 Å². The third-order valence-corrected chi connectivity index (χ3v) is 2.62. The van der Waals surface area contributed by atoms with Gasteiger partial charge in [-0.2, -0.15) is 0 Å². The molecule has 0 aromatic rings. The number of aliphatic hydroxyl groups is 1. The summed E-state index contributed by atoms with van der Waals surface area (Å²) in [7, 11) is 0. The second-order valence-electron chi connectivity index (χ2n) is 3.72. The smallest absolute Gasteiger partial charge is 0.0431 e. The van der Waals surface area contributed by atoms with Crippen LogP contribution in [-0.4, -0.2) is 24.3 Å². The number of nitrogens with one attached hydrogen (secondary N) is 1. The van der Waals surface area contributed by atoms with E-state index in [0.29, 0.717) is 12.6 Å². The molecule has 1 heterocycles. The van der Waals surface area contributed by atoms with Crippen molar-refractivity contribution in [3.63, 3.8) is 0 Å². The van der Waals surface area contributed by atoms with Crippen molar-refractivity contribution in [1.82, 2.24) is 5.32 Å². The summed E-state index contributed by atoms with van der Waals surface area (Å²) in [5.74, 6) is 0. The van der Waals surface area contributed by atoms with Crippen molar-refractivity contribution in [2.75, 3.05) is 13.2 Å². The molecule has 1 saturated heterocycles. The van der Waals surface area contributed by atoms with Crippen LogP contribution in [0.3, 0.4) is 0 Å². The van der Waals surface area contributed by atoms with E-state index in [9.17, 15) is 0 Å². The predicted molar refractivity (Wildman–Crippen MR) is 51.2 cm³/mol. The normalized spacial score (nSPS) is 26.2. The molecule has 2 nitrogen and oxygen atoms in total. The van der Waals surface area contributed by atoms with Gasteiger partial charge in [0.05, 0.1) is 0 Å². The van der Waals surface area contributed by atoms with E-state index in [0.717, 1.165) is 12.8 Å². The van der Waals surface area contributed by atoms with Gasteiger partial charge in [-0.25, -0.2) is 0 Å². The summed E-state index contributed by atoms with van der Waals surface area (Å²) in [4.78, 5) is 0. The molecule has 1 rings (SSSR count). The second kappa shape index (κ2) is 6.44. The highest BCUT2D eigenvalue weighted by Gasteiger charge is 2.08. The van der Waals surface area contributed by atoms with Crippen molar-refractivity contribution >= 4 is 0 Å². The Hall–Kier alpha value is -0.0800. The Kier molecular flexibility index (Phi) is 5.37. The predicted octanol–water partition coefficient (Wildman–Crippen LogP) is 1.68. The first-order valence-electron chi connectivity index (χ1n) is 5.27. The van der Waals surface area contributed by atoms with Gasteiger partial charge in [-0.1, -0.05) is 19.3 Å². The van der Waals surface area contributed by atoms with E-state index in [1.165, 1.54) is 38.6 Å². The lowest BCUT2D eigenvalue weighted by molar-refractivity contribution is 0.269. The summed E-state index contributed by atoms with van der Waals surface area (Å²) >= 11 is 0. The lowest BCUT2D eigenvalue weighted by atomic mass is 10.0. The minimum Gasteiger partial charge on any atom is -0.396 e. The van der Waals surface area contributed by atoms with Crippen LogP contribution >= 0.6 is 0 Å². The monoisotopic (exact) mass is 171 g/mol. The van der Waals surface area contributed by atoms with Crippen LogP contribution in [0.4, 0.5) is 0 Å². The minimum atomic E-state index is 0.345. The van der Waals surface area contributed by atoms with Gasteiger partial charge < -0.3 is 10.4 Å². The lowest BCUT2D eigenvalue weighted by Crippen LogP contribution is -2.31. The molecule has 0 aromatic heterocycles. The SMILES string of the molecule is OCCCC1CCCCCCN1. The van der Waals surface area contributed by atoms with Gasteiger partial charge >= 0.3 is 0 Å². The zero-order chi connectivity index (χ0) is 8.65. The molecule has 1 fully saturated rings. The molecule has 2 N–H and O–H groups in total. The van der Waals surface area contributed by atoms with Crippen LogP contribution in [-0.2, 0) is 0 Å². The van der Waals surface area contributed by atoms with E-state index in [2.05, 4.69) is 5.32 Å². The molecular formula is C10H21NO. The molecule has 1 aliphatic heterocycles. The lowest BCUT2D eigenvalue weighted by Gasteiger charge is -2.20.